The number of rotatable bonds is 7. The summed E-state index contributed by atoms with van der Waals surface area (Å²) in [6.45, 7) is 2.18. The molecule has 0 atom stereocenters. The second-order valence-electron chi connectivity index (χ2n) is 5.51. The van der Waals surface area contributed by atoms with Crippen molar-refractivity contribution in [2.45, 2.75) is 39.0 Å². The van der Waals surface area contributed by atoms with Crippen LogP contribution in [0.3, 0.4) is 0 Å². The largest absolute Gasteiger partial charge is 0.422 e. The second kappa shape index (κ2) is 9.05. The predicted octanol–water partition coefficient (Wildman–Crippen LogP) is 4.95. The lowest BCUT2D eigenvalue weighted by Crippen LogP contribution is -2.10. The molecule has 4 nitrogen and oxygen atoms in total. The lowest BCUT2D eigenvalue weighted by atomic mass is 10.1. The van der Waals surface area contributed by atoms with E-state index in [2.05, 4.69) is 11.9 Å². The Kier molecular flexibility index (Phi) is 6.77. The molecule has 0 fully saturated rings. The highest BCUT2D eigenvalue weighted by Crippen LogP contribution is 2.22. The Bertz CT molecular complexity index is 736. The van der Waals surface area contributed by atoms with E-state index in [4.69, 9.17) is 21.6 Å². The minimum Gasteiger partial charge on any atom is -0.422 e. The molecule has 1 aromatic carbocycles. The van der Waals surface area contributed by atoms with Crippen molar-refractivity contribution < 1.29 is 9.53 Å². The molecule has 0 amide bonds. The predicted molar refractivity (Wildman–Crippen MR) is 93.2 cm³/mol. The number of carbonyl (C=O) groups excluding carboxylic acids is 1. The summed E-state index contributed by atoms with van der Waals surface area (Å²) < 4.78 is 5.24. The summed E-state index contributed by atoms with van der Waals surface area (Å²) in [5.41, 5.74) is 1.69. The summed E-state index contributed by atoms with van der Waals surface area (Å²) in [7, 11) is 0. The molecule has 0 spiro atoms. The first-order chi connectivity index (χ1) is 11.6. The molecule has 0 saturated carbocycles. The van der Waals surface area contributed by atoms with Gasteiger partial charge in [-0.25, -0.2) is 9.78 Å². The molecule has 0 unspecified atom stereocenters. The van der Waals surface area contributed by atoms with E-state index in [1.54, 1.807) is 12.3 Å². The molecule has 5 heteroatoms. The molecule has 0 bridgehead atoms. The zero-order chi connectivity index (χ0) is 17.4. The highest BCUT2D eigenvalue weighted by molar-refractivity contribution is 6.31. The van der Waals surface area contributed by atoms with Crippen molar-refractivity contribution in [2.24, 2.45) is 0 Å². The van der Waals surface area contributed by atoms with Gasteiger partial charge in [0.05, 0.1) is 10.6 Å². The molecule has 0 radical (unpaired) electrons. The number of aromatic nitrogens is 1. The first-order valence-corrected chi connectivity index (χ1v) is 8.38. The van der Waals surface area contributed by atoms with Crippen LogP contribution in [0.1, 0.15) is 54.2 Å². The maximum Gasteiger partial charge on any atom is 0.362 e. The van der Waals surface area contributed by atoms with Crippen molar-refractivity contribution in [1.29, 1.82) is 5.26 Å². The number of ether oxygens (including phenoxy) is 1. The Morgan fingerprint density at radius 1 is 1.25 bits per heavy atom. The third-order valence-corrected chi connectivity index (χ3v) is 3.94. The van der Waals surface area contributed by atoms with Crippen LogP contribution in [0.4, 0.5) is 0 Å². The quantitative estimate of drug-likeness (QED) is 0.406. The summed E-state index contributed by atoms with van der Waals surface area (Å²) in [6, 6.07) is 10.0. The SMILES string of the molecule is CCCCCCc1ccc(C(=O)Oc2ccc(C#N)c(Cl)c2)nc1. The molecule has 0 saturated heterocycles. The van der Waals surface area contributed by atoms with Crippen molar-refractivity contribution in [3.63, 3.8) is 0 Å². The van der Waals surface area contributed by atoms with Gasteiger partial charge >= 0.3 is 5.97 Å². The Balaban J connectivity index is 1.95. The van der Waals surface area contributed by atoms with Gasteiger partial charge in [0, 0.05) is 12.3 Å². The van der Waals surface area contributed by atoms with Gasteiger partial charge in [0.15, 0.2) is 0 Å². The van der Waals surface area contributed by atoms with Crippen LogP contribution in [0.2, 0.25) is 5.02 Å². The minimum absolute atomic E-state index is 0.243. The van der Waals surface area contributed by atoms with E-state index < -0.39 is 5.97 Å². The van der Waals surface area contributed by atoms with Gasteiger partial charge in [-0.1, -0.05) is 43.9 Å². The van der Waals surface area contributed by atoms with Gasteiger partial charge in [0.25, 0.3) is 0 Å². The third kappa shape index (κ3) is 5.07. The fourth-order valence-corrected chi connectivity index (χ4v) is 2.47. The van der Waals surface area contributed by atoms with Crippen molar-refractivity contribution >= 4 is 17.6 Å². The lowest BCUT2D eigenvalue weighted by Gasteiger charge is -2.06. The highest BCUT2D eigenvalue weighted by atomic mass is 35.5. The summed E-state index contributed by atoms with van der Waals surface area (Å²) >= 11 is 5.92. The number of aryl methyl sites for hydroxylation is 1. The molecule has 2 rings (SSSR count). The van der Waals surface area contributed by atoms with Gasteiger partial charge < -0.3 is 4.74 Å². The van der Waals surface area contributed by atoms with E-state index in [1.807, 2.05) is 12.1 Å². The zero-order valence-corrected chi connectivity index (χ0v) is 14.3. The number of hydrogen-bond acceptors (Lipinski definition) is 4. The third-order valence-electron chi connectivity index (χ3n) is 3.62. The number of unbranched alkanes of at least 4 members (excludes halogenated alkanes) is 3. The van der Waals surface area contributed by atoms with Gasteiger partial charge in [-0.3, -0.25) is 0 Å². The molecule has 0 aliphatic carbocycles. The minimum atomic E-state index is -0.548. The zero-order valence-electron chi connectivity index (χ0n) is 13.6. The number of hydrogen-bond donors (Lipinski definition) is 0. The summed E-state index contributed by atoms with van der Waals surface area (Å²) in [5, 5.41) is 9.08. The van der Waals surface area contributed by atoms with Crippen LogP contribution in [-0.2, 0) is 6.42 Å². The van der Waals surface area contributed by atoms with Gasteiger partial charge in [0.2, 0.25) is 0 Å². The monoisotopic (exact) mass is 342 g/mol. The van der Waals surface area contributed by atoms with Crippen LogP contribution in [0.5, 0.6) is 5.75 Å². The number of nitrogens with zero attached hydrogens (tertiary/aromatic N) is 2. The van der Waals surface area contributed by atoms with Crippen LogP contribution in [0, 0.1) is 11.3 Å². The standard InChI is InChI=1S/C19H19ClN2O2/c1-2-3-4-5-6-14-7-10-18(22-13-14)19(23)24-16-9-8-15(12-21)17(20)11-16/h7-11,13H,2-6H2,1H3. The highest BCUT2D eigenvalue weighted by Gasteiger charge is 2.11. The van der Waals surface area contributed by atoms with Crippen molar-refractivity contribution in [3.8, 4) is 11.8 Å². The molecule has 0 N–H and O–H groups in total. The number of benzene rings is 1. The average Bonchev–Trinajstić information content (AvgIpc) is 2.59. The summed E-state index contributed by atoms with van der Waals surface area (Å²) in [6.07, 6.45) is 7.47. The van der Waals surface area contributed by atoms with Gasteiger partial charge in [-0.2, -0.15) is 5.26 Å². The van der Waals surface area contributed by atoms with E-state index in [-0.39, 0.29) is 16.5 Å². The maximum absolute atomic E-state index is 12.1. The van der Waals surface area contributed by atoms with Gasteiger partial charge in [-0.05, 0) is 36.6 Å². The molecule has 24 heavy (non-hydrogen) atoms. The molecular formula is C19H19ClN2O2. The molecule has 2 aromatic rings. The van der Waals surface area contributed by atoms with Crippen molar-refractivity contribution in [2.75, 3.05) is 0 Å². The topological polar surface area (TPSA) is 63.0 Å². The molecule has 0 aliphatic rings. The Hall–Kier alpha value is -2.38. The number of nitriles is 1. The van der Waals surface area contributed by atoms with Crippen LogP contribution in [0.25, 0.3) is 0 Å². The van der Waals surface area contributed by atoms with Crippen molar-refractivity contribution in [1.82, 2.24) is 4.98 Å². The van der Waals surface area contributed by atoms with Crippen molar-refractivity contribution in [3.05, 3.63) is 58.4 Å². The van der Waals surface area contributed by atoms with E-state index in [1.165, 1.54) is 37.5 Å². The average molecular weight is 343 g/mol. The number of esters is 1. The van der Waals surface area contributed by atoms with Gasteiger partial charge in [0.1, 0.15) is 17.5 Å². The second-order valence-corrected chi connectivity index (χ2v) is 5.91. The first kappa shape index (κ1) is 18.0. The molecule has 1 aromatic heterocycles. The van der Waals surface area contributed by atoms with Crippen LogP contribution in [0.15, 0.2) is 36.5 Å². The summed E-state index contributed by atoms with van der Waals surface area (Å²) in [4.78, 5) is 16.3. The van der Waals surface area contributed by atoms with E-state index in [0.29, 0.717) is 5.56 Å². The number of pyridine rings is 1. The van der Waals surface area contributed by atoms with E-state index >= 15 is 0 Å². The lowest BCUT2D eigenvalue weighted by molar-refractivity contribution is 0.0728. The number of carbonyl (C=O) groups is 1. The Morgan fingerprint density at radius 2 is 2.08 bits per heavy atom. The normalized spacial score (nSPS) is 10.2. The van der Waals surface area contributed by atoms with Crippen LogP contribution < -0.4 is 4.74 Å². The van der Waals surface area contributed by atoms with Crippen LogP contribution >= 0.6 is 11.6 Å². The molecule has 0 aliphatic heterocycles. The Labute approximate surface area is 147 Å². The summed E-state index contributed by atoms with van der Waals surface area (Å²) in [5.74, 6) is -0.261. The smallest absolute Gasteiger partial charge is 0.362 e. The molecule has 1 heterocycles. The van der Waals surface area contributed by atoms with Gasteiger partial charge in [-0.15, -0.1) is 0 Å². The number of halogens is 1. The van der Waals surface area contributed by atoms with E-state index in [0.717, 1.165) is 18.4 Å². The Morgan fingerprint density at radius 3 is 2.71 bits per heavy atom. The fraction of sp³-hybridized carbons (Fsp3) is 0.316. The van der Waals surface area contributed by atoms with Crippen LogP contribution in [-0.4, -0.2) is 11.0 Å². The first-order valence-electron chi connectivity index (χ1n) is 8.00. The maximum atomic E-state index is 12.1. The molecular weight excluding hydrogens is 324 g/mol. The molecule has 124 valence electrons. The fourth-order valence-electron chi connectivity index (χ4n) is 2.26. The van der Waals surface area contributed by atoms with E-state index in [9.17, 15) is 4.79 Å².